The Kier molecular flexibility index (Phi) is 5.74. The third-order valence-corrected chi connectivity index (χ3v) is 3.67. The van der Waals surface area contributed by atoms with E-state index in [9.17, 15) is 14.3 Å². The fourth-order valence-corrected chi connectivity index (χ4v) is 2.62. The molecule has 0 aliphatic rings. The summed E-state index contributed by atoms with van der Waals surface area (Å²) in [6, 6.07) is 11.6. The maximum Gasteiger partial charge on any atom is 0.310 e. The summed E-state index contributed by atoms with van der Waals surface area (Å²) >= 11 is 0. The molecular formula is C19H21FO3. The van der Waals surface area contributed by atoms with Gasteiger partial charge in [-0.1, -0.05) is 18.2 Å². The van der Waals surface area contributed by atoms with Crippen LogP contribution in [0.3, 0.4) is 0 Å². The molecule has 3 nitrogen and oxygen atoms in total. The van der Waals surface area contributed by atoms with Gasteiger partial charge in [-0.2, -0.15) is 0 Å². The van der Waals surface area contributed by atoms with Crippen molar-refractivity contribution in [2.24, 2.45) is 0 Å². The van der Waals surface area contributed by atoms with E-state index in [4.69, 9.17) is 4.74 Å². The fourth-order valence-electron chi connectivity index (χ4n) is 2.62. The number of carbonyl (C=O) groups is 1. The number of hydrogen-bond donors (Lipinski definition) is 1. The van der Waals surface area contributed by atoms with Crippen molar-refractivity contribution in [1.82, 2.24) is 0 Å². The molecule has 0 amide bonds. The van der Waals surface area contributed by atoms with Crippen LogP contribution in [-0.4, -0.2) is 17.7 Å². The highest BCUT2D eigenvalue weighted by Gasteiger charge is 2.19. The lowest BCUT2D eigenvalue weighted by molar-refractivity contribution is -0.139. The van der Waals surface area contributed by atoms with Crippen LogP contribution in [0.2, 0.25) is 0 Å². The number of hydrogen-bond acceptors (Lipinski definition) is 2. The van der Waals surface area contributed by atoms with Gasteiger partial charge in [-0.25, -0.2) is 4.39 Å². The Hall–Kier alpha value is -2.36. The van der Waals surface area contributed by atoms with Crippen LogP contribution < -0.4 is 4.74 Å². The first-order chi connectivity index (χ1) is 11.0. The molecule has 0 radical (unpaired) electrons. The Morgan fingerprint density at radius 3 is 2.30 bits per heavy atom. The number of aryl methyl sites for hydroxylation is 2. The molecule has 1 atom stereocenters. The quantitative estimate of drug-likeness (QED) is 0.767. The first-order valence-electron chi connectivity index (χ1n) is 7.65. The summed E-state index contributed by atoms with van der Waals surface area (Å²) in [5, 5.41) is 9.35. The standard InChI is InChI=1S/C19H21FO3/c1-13-10-14(2)12-17(11-13)23-9-3-4-18(19(21)22)15-5-7-16(20)8-6-15/h5-8,10-12,18H,3-4,9H2,1-2H3,(H,21,22). The second-order valence-corrected chi connectivity index (χ2v) is 5.76. The summed E-state index contributed by atoms with van der Waals surface area (Å²) < 4.78 is 18.6. The maximum atomic E-state index is 12.9. The summed E-state index contributed by atoms with van der Waals surface area (Å²) in [6.07, 6.45) is 1.06. The van der Waals surface area contributed by atoms with Crippen LogP contribution in [-0.2, 0) is 4.79 Å². The third kappa shape index (κ3) is 5.09. The van der Waals surface area contributed by atoms with Crippen LogP contribution in [0.5, 0.6) is 5.75 Å². The predicted molar refractivity (Wildman–Crippen MR) is 87.4 cm³/mol. The Labute approximate surface area is 135 Å². The van der Waals surface area contributed by atoms with Crippen LogP contribution in [0.15, 0.2) is 42.5 Å². The molecule has 0 fully saturated rings. The lowest BCUT2D eigenvalue weighted by Crippen LogP contribution is -2.13. The highest BCUT2D eigenvalue weighted by molar-refractivity contribution is 5.75. The zero-order valence-corrected chi connectivity index (χ0v) is 13.4. The van der Waals surface area contributed by atoms with Crippen molar-refractivity contribution >= 4 is 5.97 Å². The van der Waals surface area contributed by atoms with Crippen LogP contribution in [0.4, 0.5) is 4.39 Å². The molecule has 0 bridgehead atoms. The minimum atomic E-state index is -0.900. The van der Waals surface area contributed by atoms with Gasteiger partial charge in [0.25, 0.3) is 0 Å². The Balaban J connectivity index is 1.89. The molecular weight excluding hydrogens is 295 g/mol. The molecule has 0 saturated heterocycles. The molecule has 4 heteroatoms. The first kappa shape index (κ1) is 17.0. The van der Waals surface area contributed by atoms with Crippen LogP contribution in [0, 0.1) is 19.7 Å². The van der Waals surface area contributed by atoms with Crippen LogP contribution in [0.25, 0.3) is 0 Å². The van der Waals surface area contributed by atoms with Gasteiger partial charge >= 0.3 is 5.97 Å². The highest BCUT2D eigenvalue weighted by Crippen LogP contribution is 2.23. The van der Waals surface area contributed by atoms with E-state index >= 15 is 0 Å². The zero-order chi connectivity index (χ0) is 16.8. The Morgan fingerprint density at radius 1 is 1.13 bits per heavy atom. The molecule has 2 aromatic carbocycles. The van der Waals surface area contributed by atoms with E-state index in [1.54, 1.807) is 0 Å². The van der Waals surface area contributed by atoms with Gasteiger partial charge in [0.15, 0.2) is 0 Å². The van der Waals surface area contributed by atoms with Crippen molar-refractivity contribution in [2.45, 2.75) is 32.6 Å². The average molecular weight is 316 g/mol. The molecule has 0 aliphatic heterocycles. The highest BCUT2D eigenvalue weighted by atomic mass is 19.1. The lowest BCUT2D eigenvalue weighted by Gasteiger charge is -2.13. The first-order valence-corrected chi connectivity index (χ1v) is 7.65. The van der Waals surface area contributed by atoms with Gasteiger partial charge in [0.05, 0.1) is 12.5 Å². The zero-order valence-electron chi connectivity index (χ0n) is 13.4. The summed E-state index contributed by atoms with van der Waals surface area (Å²) in [5.41, 5.74) is 2.88. The minimum absolute atomic E-state index is 0.365. The van der Waals surface area contributed by atoms with E-state index in [1.807, 2.05) is 26.0 Å². The molecule has 0 saturated carbocycles. The number of rotatable bonds is 7. The molecule has 0 aromatic heterocycles. The van der Waals surface area contributed by atoms with Crippen LogP contribution in [0.1, 0.15) is 35.4 Å². The van der Waals surface area contributed by atoms with Crippen molar-refractivity contribution in [3.63, 3.8) is 0 Å². The number of carboxylic acids is 1. The summed E-state index contributed by atoms with van der Waals surface area (Å²) in [4.78, 5) is 11.4. The number of halogens is 1. The monoisotopic (exact) mass is 316 g/mol. The number of benzene rings is 2. The van der Waals surface area contributed by atoms with E-state index in [1.165, 1.54) is 24.3 Å². The average Bonchev–Trinajstić information content (AvgIpc) is 2.47. The van der Waals surface area contributed by atoms with Crippen molar-refractivity contribution in [2.75, 3.05) is 6.61 Å². The van der Waals surface area contributed by atoms with Crippen molar-refractivity contribution < 1.29 is 19.0 Å². The van der Waals surface area contributed by atoms with Gasteiger partial charge in [-0.05, 0) is 67.6 Å². The summed E-state index contributed by atoms with van der Waals surface area (Å²) in [5.74, 6) is -1.10. The molecule has 23 heavy (non-hydrogen) atoms. The van der Waals surface area contributed by atoms with Gasteiger partial charge in [0.2, 0.25) is 0 Å². The van der Waals surface area contributed by atoms with Gasteiger partial charge in [0.1, 0.15) is 11.6 Å². The predicted octanol–water partition coefficient (Wildman–Crippen LogP) is 4.47. The number of ether oxygens (including phenoxy) is 1. The molecule has 2 aromatic rings. The van der Waals surface area contributed by atoms with Crippen molar-refractivity contribution in [3.8, 4) is 5.75 Å². The van der Waals surface area contributed by atoms with E-state index in [-0.39, 0.29) is 5.82 Å². The van der Waals surface area contributed by atoms with E-state index < -0.39 is 11.9 Å². The smallest absolute Gasteiger partial charge is 0.310 e. The van der Waals surface area contributed by atoms with Gasteiger partial charge in [-0.3, -0.25) is 4.79 Å². The molecule has 2 rings (SSSR count). The van der Waals surface area contributed by atoms with E-state index in [2.05, 4.69) is 6.07 Å². The van der Waals surface area contributed by atoms with Crippen LogP contribution >= 0.6 is 0 Å². The molecule has 122 valence electrons. The van der Waals surface area contributed by atoms with Gasteiger partial charge in [0, 0.05) is 0 Å². The Bertz CT molecular complexity index is 645. The summed E-state index contributed by atoms with van der Waals surface area (Å²) in [6.45, 7) is 4.47. The lowest BCUT2D eigenvalue weighted by atomic mass is 9.94. The maximum absolute atomic E-state index is 12.9. The van der Waals surface area contributed by atoms with Gasteiger partial charge < -0.3 is 9.84 Å². The largest absolute Gasteiger partial charge is 0.494 e. The normalized spacial score (nSPS) is 12.0. The van der Waals surface area contributed by atoms with Crippen molar-refractivity contribution in [1.29, 1.82) is 0 Å². The molecule has 1 N–H and O–H groups in total. The number of carboxylic acid groups (broad SMARTS) is 1. The third-order valence-electron chi connectivity index (χ3n) is 3.67. The van der Waals surface area contributed by atoms with Gasteiger partial charge in [-0.15, -0.1) is 0 Å². The molecule has 0 spiro atoms. The molecule has 0 aliphatic carbocycles. The fraction of sp³-hybridized carbons (Fsp3) is 0.316. The molecule has 0 heterocycles. The van der Waals surface area contributed by atoms with E-state index in [0.717, 1.165) is 16.9 Å². The number of aliphatic carboxylic acids is 1. The minimum Gasteiger partial charge on any atom is -0.494 e. The molecule has 1 unspecified atom stereocenters. The van der Waals surface area contributed by atoms with Crippen molar-refractivity contribution in [3.05, 3.63) is 65.0 Å². The second-order valence-electron chi connectivity index (χ2n) is 5.76. The summed E-state index contributed by atoms with van der Waals surface area (Å²) in [7, 11) is 0. The SMILES string of the molecule is Cc1cc(C)cc(OCCCC(C(=O)O)c2ccc(F)cc2)c1. The Morgan fingerprint density at radius 2 is 1.74 bits per heavy atom. The second kappa shape index (κ2) is 7.77. The topological polar surface area (TPSA) is 46.5 Å². The van der Waals surface area contributed by atoms with E-state index in [0.29, 0.717) is 25.0 Å².